The molecule has 2 saturated heterocycles. The van der Waals surface area contributed by atoms with Crippen LogP contribution in [0.2, 0.25) is 0 Å². The first-order valence-electron chi connectivity index (χ1n) is 12.7. The number of benzene rings is 2. The molecule has 3 aromatic rings. The number of phenols is 1. The largest absolute Gasteiger partial charge is 0.508 e. The molecule has 3 heterocycles. The van der Waals surface area contributed by atoms with Crippen LogP contribution >= 0.6 is 0 Å². The minimum atomic E-state index is -1.78. The van der Waals surface area contributed by atoms with Crippen molar-refractivity contribution in [1.82, 2.24) is 0 Å². The van der Waals surface area contributed by atoms with Crippen LogP contribution in [-0.4, -0.2) is 115 Å². The molecule has 0 amide bonds. The lowest BCUT2D eigenvalue weighted by atomic mass is 9.97. The zero-order valence-corrected chi connectivity index (χ0v) is 21.3. The molecule has 0 spiro atoms. The normalized spacial score (nSPS) is 34.0. The zero-order valence-electron chi connectivity index (χ0n) is 21.3. The van der Waals surface area contributed by atoms with Crippen LogP contribution < -0.4 is 10.2 Å². The molecule has 2 aliphatic rings. The maximum absolute atomic E-state index is 13.0. The first-order valence-corrected chi connectivity index (χ1v) is 12.7. The summed E-state index contributed by atoms with van der Waals surface area (Å²) in [5.41, 5.74) is 0.642. The highest BCUT2D eigenvalue weighted by molar-refractivity contribution is 5.82. The first kappa shape index (κ1) is 29.3. The minimum absolute atomic E-state index is 0.0492. The number of fused-ring (bicyclic) bond motifs is 1. The maximum Gasteiger partial charge on any atom is 0.229 e. The van der Waals surface area contributed by atoms with E-state index in [2.05, 4.69) is 0 Å². The van der Waals surface area contributed by atoms with E-state index in [1.54, 1.807) is 12.1 Å². The summed E-state index contributed by atoms with van der Waals surface area (Å²) in [4.78, 5) is 13.0. The molecule has 14 heteroatoms. The molecule has 14 nitrogen and oxygen atoms in total. The third kappa shape index (κ3) is 5.67. The van der Waals surface area contributed by atoms with Gasteiger partial charge in [-0.05, 0) is 29.8 Å². The minimum Gasteiger partial charge on any atom is -0.508 e. The molecule has 0 unspecified atom stereocenters. The van der Waals surface area contributed by atoms with Gasteiger partial charge in [-0.15, -0.1) is 0 Å². The van der Waals surface area contributed by atoms with Gasteiger partial charge in [-0.3, -0.25) is 4.79 Å². The average molecular weight is 579 g/mol. The molecule has 8 N–H and O–H groups in total. The van der Waals surface area contributed by atoms with Crippen LogP contribution in [0.15, 0.2) is 57.9 Å². The van der Waals surface area contributed by atoms with Crippen molar-refractivity contribution in [2.24, 2.45) is 0 Å². The Morgan fingerprint density at radius 1 is 0.756 bits per heavy atom. The Morgan fingerprint density at radius 2 is 1.41 bits per heavy atom. The Labute approximate surface area is 231 Å². The third-order valence-electron chi connectivity index (χ3n) is 7.14. The van der Waals surface area contributed by atoms with Crippen molar-refractivity contribution in [3.63, 3.8) is 0 Å². The van der Waals surface area contributed by atoms with E-state index in [-0.39, 0.29) is 33.5 Å². The average Bonchev–Trinajstić information content (AvgIpc) is 2.97. The summed E-state index contributed by atoms with van der Waals surface area (Å²) >= 11 is 0. The van der Waals surface area contributed by atoms with Crippen molar-refractivity contribution >= 4 is 11.0 Å². The highest BCUT2D eigenvalue weighted by Gasteiger charge is 2.51. The Kier molecular flexibility index (Phi) is 8.58. The molecule has 1 aromatic heterocycles. The smallest absolute Gasteiger partial charge is 0.229 e. The summed E-state index contributed by atoms with van der Waals surface area (Å²) in [5.74, 6) is 0.146. The predicted molar refractivity (Wildman–Crippen MR) is 137 cm³/mol. The fraction of sp³-hybridized carbons (Fsp3) is 0.444. The Bertz CT molecular complexity index is 1390. The van der Waals surface area contributed by atoms with Gasteiger partial charge in [0.15, 0.2) is 11.7 Å². The van der Waals surface area contributed by atoms with E-state index in [1.165, 1.54) is 36.6 Å². The highest BCUT2D eigenvalue weighted by Crippen LogP contribution is 2.31. The van der Waals surface area contributed by atoms with Crippen molar-refractivity contribution in [2.45, 2.75) is 61.4 Å². The van der Waals surface area contributed by atoms with Crippen LogP contribution in [-0.2, 0) is 14.2 Å². The molecule has 41 heavy (non-hydrogen) atoms. The number of hydrogen-bond acceptors (Lipinski definition) is 14. The molecule has 5 rings (SSSR count). The number of hydrogen-bond donors (Lipinski definition) is 8. The number of ether oxygens (including phenoxy) is 4. The van der Waals surface area contributed by atoms with E-state index in [9.17, 15) is 45.6 Å². The second kappa shape index (κ2) is 12.0. The van der Waals surface area contributed by atoms with Crippen molar-refractivity contribution < 1.29 is 64.2 Å². The van der Waals surface area contributed by atoms with Crippen LogP contribution in [0, 0.1) is 0 Å². The quantitative estimate of drug-likeness (QED) is 0.154. The fourth-order valence-corrected chi connectivity index (χ4v) is 4.81. The summed E-state index contributed by atoms with van der Waals surface area (Å²) in [5, 5.41) is 80.7. The highest BCUT2D eigenvalue weighted by atomic mass is 16.7. The van der Waals surface area contributed by atoms with Crippen LogP contribution in [0.25, 0.3) is 22.1 Å². The molecular weight excluding hydrogens is 548 g/mol. The van der Waals surface area contributed by atoms with E-state index in [0.717, 1.165) is 0 Å². The lowest BCUT2D eigenvalue weighted by Gasteiger charge is -2.45. The monoisotopic (exact) mass is 578 g/mol. The van der Waals surface area contributed by atoms with E-state index in [4.69, 9.17) is 23.4 Å². The molecular formula is C27H30O14. The molecule has 2 fully saturated rings. The Balaban J connectivity index is 1.31. The van der Waals surface area contributed by atoms with E-state index >= 15 is 0 Å². The lowest BCUT2D eigenvalue weighted by molar-refractivity contribution is -0.352. The van der Waals surface area contributed by atoms with Gasteiger partial charge < -0.3 is 64.2 Å². The van der Waals surface area contributed by atoms with Gasteiger partial charge in [-0.1, -0.05) is 12.1 Å². The summed E-state index contributed by atoms with van der Waals surface area (Å²) in [6, 6.07) is 10.3. The van der Waals surface area contributed by atoms with Gasteiger partial charge >= 0.3 is 0 Å². The van der Waals surface area contributed by atoms with Crippen molar-refractivity contribution in [1.29, 1.82) is 0 Å². The van der Waals surface area contributed by atoms with Crippen LogP contribution in [0.3, 0.4) is 0 Å². The SMILES string of the molecule is O=c1c(-c2ccc(O)cc2)coc2cc(O[C@@H]3O[C@H](CO)[C@@H](O[C@H]4O[C@H](CO)[C@@H](O)[C@H](O)[C@H]4O)[C@H](O)[C@H]3O)ccc12. The van der Waals surface area contributed by atoms with Crippen molar-refractivity contribution in [3.05, 3.63) is 59.0 Å². The summed E-state index contributed by atoms with van der Waals surface area (Å²) in [7, 11) is 0. The van der Waals surface area contributed by atoms with Crippen LogP contribution in [0.1, 0.15) is 0 Å². The maximum atomic E-state index is 13.0. The molecule has 0 saturated carbocycles. The van der Waals surface area contributed by atoms with Gasteiger partial charge in [0.2, 0.25) is 6.29 Å². The lowest BCUT2D eigenvalue weighted by Crippen LogP contribution is -2.65. The standard InChI is InChI=1S/C27H30O14/c28-8-17-20(32)21(33)23(35)27(39-17)41-25-18(9-29)40-26(24(36)22(25)34)38-13-5-6-14-16(7-13)37-10-15(19(14)31)11-1-3-12(30)4-2-11/h1-7,10,17-18,20-30,32-36H,8-9H2/t17-,18-,20-,21+,22-,23-,24-,25-,26-,27-/m1/s1. The molecule has 10 atom stereocenters. The van der Waals surface area contributed by atoms with Gasteiger partial charge in [0, 0.05) is 6.07 Å². The number of aliphatic hydroxyl groups excluding tert-OH is 7. The first-order chi connectivity index (χ1) is 19.6. The number of phenolic OH excluding ortho intramolecular Hbond substituents is 1. The number of rotatable bonds is 7. The number of aromatic hydroxyl groups is 1. The molecule has 0 radical (unpaired) electrons. The summed E-state index contributed by atoms with van der Waals surface area (Å²) in [6.45, 7) is -1.43. The second-order valence-corrected chi connectivity index (χ2v) is 9.81. The van der Waals surface area contributed by atoms with Crippen LogP contribution in [0.4, 0.5) is 0 Å². The van der Waals surface area contributed by atoms with Gasteiger partial charge in [0.05, 0.1) is 24.2 Å². The van der Waals surface area contributed by atoms with E-state index in [1.807, 2.05) is 0 Å². The summed E-state index contributed by atoms with van der Waals surface area (Å²) in [6.07, 6.45) is -14.6. The van der Waals surface area contributed by atoms with E-state index < -0.39 is 74.6 Å². The van der Waals surface area contributed by atoms with Gasteiger partial charge in [-0.2, -0.15) is 0 Å². The third-order valence-corrected chi connectivity index (χ3v) is 7.14. The molecule has 2 aromatic carbocycles. The van der Waals surface area contributed by atoms with Crippen LogP contribution in [0.5, 0.6) is 11.5 Å². The Morgan fingerprint density at radius 3 is 2.10 bits per heavy atom. The van der Waals surface area contributed by atoms with Crippen molar-refractivity contribution in [2.75, 3.05) is 13.2 Å². The van der Waals surface area contributed by atoms with Gasteiger partial charge in [0.1, 0.15) is 72.2 Å². The predicted octanol–water partition coefficient (Wildman–Crippen LogP) is -1.83. The molecule has 0 aliphatic carbocycles. The Hall–Kier alpha value is -3.15. The van der Waals surface area contributed by atoms with Gasteiger partial charge in [0.25, 0.3) is 0 Å². The van der Waals surface area contributed by atoms with E-state index in [0.29, 0.717) is 5.56 Å². The summed E-state index contributed by atoms with van der Waals surface area (Å²) < 4.78 is 27.8. The molecule has 0 bridgehead atoms. The molecule has 2 aliphatic heterocycles. The molecule has 222 valence electrons. The zero-order chi connectivity index (χ0) is 29.4. The van der Waals surface area contributed by atoms with Gasteiger partial charge in [-0.25, -0.2) is 0 Å². The fourth-order valence-electron chi connectivity index (χ4n) is 4.81. The second-order valence-electron chi connectivity index (χ2n) is 9.81. The topological polar surface area (TPSA) is 229 Å². The van der Waals surface area contributed by atoms with Crippen molar-refractivity contribution in [3.8, 4) is 22.6 Å². The number of aliphatic hydroxyl groups is 7.